The van der Waals surface area contributed by atoms with Crippen molar-refractivity contribution in [1.29, 1.82) is 0 Å². The van der Waals surface area contributed by atoms with Crippen molar-refractivity contribution in [3.63, 3.8) is 0 Å². The molecule has 0 bridgehead atoms. The maximum atomic E-state index is 11.3. The number of hydrogen-bond acceptors (Lipinski definition) is 4. The van der Waals surface area contributed by atoms with Crippen LogP contribution in [0, 0.1) is 0 Å². The van der Waals surface area contributed by atoms with E-state index >= 15 is 0 Å². The normalized spacial score (nSPS) is 11.6. The molecule has 5 nitrogen and oxygen atoms in total. The third kappa shape index (κ3) is 3.58. The summed E-state index contributed by atoms with van der Waals surface area (Å²) in [7, 11) is 3.07. The monoisotopic (exact) mass is 354 g/mol. The van der Waals surface area contributed by atoms with E-state index in [1.807, 2.05) is 0 Å². The maximum Gasteiger partial charge on any atom is 0.262 e. The molecular weight excluding hydrogens is 347 g/mol. The van der Waals surface area contributed by atoms with Gasteiger partial charge in [0.15, 0.2) is 0 Å². The number of benzene rings is 1. The van der Waals surface area contributed by atoms with Gasteiger partial charge in [-0.3, -0.25) is 4.68 Å². The van der Waals surface area contributed by atoms with Gasteiger partial charge in [0.1, 0.15) is 17.3 Å². The van der Waals surface area contributed by atoms with Gasteiger partial charge in [0.2, 0.25) is 0 Å². The zero-order valence-corrected chi connectivity index (χ0v) is 13.3. The molecule has 0 aliphatic rings. The quantitative estimate of drug-likeness (QED) is 0.790. The number of ether oxygens (including phenoxy) is 1. The SMILES string of the molecule is Cn1ccc(COc2cc(Cl)c(S(=O)(=O)Cl)cc2Cl)n1. The summed E-state index contributed by atoms with van der Waals surface area (Å²) in [6.45, 7) is 0.184. The number of nitrogens with zero attached hydrogens (tertiary/aromatic N) is 2. The summed E-state index contributed by atoms with van der Waals surface area (Å²) in [5.74, 6) is 0.256. The van der Waals surface area contributed by atoms with Crippen molar-refractivity contribution in [3.8, 4) is 5.75 Å². The first-order chi connectivity index (χ1) is 9.27. The Morgan fingerprint density at radius 2 is 2.00 bits per heavy atom. The molecule has 1 aromatic carbocycles. The summed E-state index contributed by atoms with van der Waals surface area (Å²) in [6, 6.07) is 4.25. The Kier molecular flexibility index (Phi) is 4.49. The van der Waals surface area contributed by atoms with Crippen molar-refractivity contribution in [2.75, 3.05) is 0 Å². The van der Waals surface area contributed by atoms with Crippen LogP contribution in [0.4, 0.5) is 0 Å². The van der Waals surface area contributed by atoms with E-state index in [1.54, 1.807) is 24.0 Å². The van der Waals surface area contributed by atoms with E-state index in [4.69, 9.17) is 38.6 Å². The van der Waals surface area contributed by atoms with E-state index < -0.39 is 9.05 Å². The Bertz CT molecular complexity index is 743. The van der Waals surface area contributed by atoms with Crippen LogP contribution in [-0.2, 0) is 22.7 Å². The van der Waals surface area contributed by atoms with Crippen LogP contribution in [0.25, 0.3) is 0 Å². The molecular formula is C11H9Cl3N2O3S. The molecule has 0 aliphatic carbocycles. The molecule has 108 valence electrons. The van der Waals surface area contributed by atoms with Crippen LogP contribution in [0.5, 0.6) is 5.75 Å². The van der Waals surface area contributed by atoms with Gasteiger partial charge in [-0.15, -0.1) is 0 Å². The third-order valence-corrected chi connectivity index (χ3v) is 4.48. The van der Waals surface area contributed by atoms with Crippen LogP contribution in [-0.4, -0.2) is 18.2 Å². The second-order valence-corrected chi connectivity index (χ2v) is 7.27. The standard InChI is InChI=1S/C11H9Cl3N2O3S/c1-16-3-2-7(15-16)6-19-10-4-9(13)11(5-8(10)12)20(14,17)18/h2-5H,6H2,1H3. The summed E-state index contributed by atoms with van der Waals surface area (Å²) >= 11 is 11.8. The second-order valence-electron chi connectivity index (χ2n) is 3.92. The number of hydrogen-bond donors (Lipinski definition) is 0. The van der Waals surface area contributed by atoms with Crippen LogP contribution < -0.4 is 4.74 Å². The smallest absolute Gasteiger partial charge is 0.262 e. The lowest BCUT2D eigenvalue weighted by atomic mass is 10.3. The molecule has 2 rings (SSSR count). The number of halogens is 3. The Labute approximate surface area is 130 Å². The predicted molar refractivity (Wildman–Crippen MR) is 77.0 cm³/mol. The van der Waals surface area contributed by atoms with E-state index in [1.165, 1.54) is 6.07 Å². The highest BCUT2D eigenvalue weighted by molar-refractivity contribution is 8.13. The molecule has 0 saturated carbocycles. The minimum Gasteiger partial charge on any atom is -0.486 e. The van der Waals surface area contributed by atoms with Gasteiger partial charge in [0.05, 0.1) is 15.7 Å². The molecule has 0 fully saturated rings. The van der Waals surface area contributed by atoms with E-state index in [0.29, 0.717) is 5.69 Å². The summed E-state index contributed by atoms with van der Waals surface area (Å²) in [5, 5.41) is 4.18. The van der Waals surface area contributed by atoms with Gasteiger partial charge in [0.25, 0.3) is 9.05 Å². The molecule has 0 spiro atoms. The average molecular weight is 356 g/mol. The molecule has 2 aromatic rings. The van der Waals surface area contributed by atoms with E-state index in [9.17, 15) is 8.42 Å². The number of aromatic nitrogens is 2. The minimum atomic E-state index is -3.95. The molecule has 0 radical (unpaired) electrons. The highest BCUT2D eigenvalue weighted by Crippen LogP contribution is 2.35. The van der Waals surface area contributed by atoms with Crippen LogP contribution in [0.1, 0.15) is 5.69 Å². The Morgan fingerprint density at radius 3 is 2.55 bits per heavy atom. The van der Waals surface area contributed by atoms with Gasteiger partial charge in [-0.25, -0.2) is 8.42 Å². The zero-order chi connectivity index (χ0) is 14.9. The fourth-order valence-corrected chi connectivity index (χ4v) is 3.29. The van der Waals surface area contributed by atoms with Crippen LogP contribution in [0.2, 0.25) is 10.0 Å². The minimum absolute atomic E-state index is 0.0552. The third-order valence-electron chi connectivity index (χ3n) is 2.39. The first-order valence-corrected chi connectivity index (χ1v) is 8.39. The van der Waals surface area contributed by atoms with Gasteiger partial charge in [-0.05, 0) is 12.1 Å². The van der Waals surface area contributed by atoms with Crippen LogP contribution in [0.3, 0.4) is 0 Å². The highest BCUT2D eigenvalue weighted by atomic mass is 35.7. The van der Waals surface area contributed by atoms with E-state index in [0.717, 1.165) is 6.07 Å². The Balaban J connectivity index is 2.23. The molecule has 20 heavy (non-hydrogen) atoms. The molecule has 1 heterocycles. The average Bonchev–Trinajstić information content (AvgIpc) is 2.74. The Morgan fingerprint density at radius 1 is 1.30 bits per heavy atom. The summed E-state index contributed by atoms with van der Waals surface area (Å²) < 4.78 is 29.6. The summed E-state index contributed by atoms with van der Waals surface area (Å²) in [5.41, 5.74) is 0.703. The van der Waals surface area contributed by atoms with E-state index in [-0.39, 0.29) is 27.3 Å². The van der Waals surface area contributed by atoms with Crippen LogP contribution in [0.15, 0.2) is 29.3 Å². The highest BCUT2D eigenvalue weighted by Gasteiger charge is 2.18. The van der Waals surface area contributed by atoms with Crippen molar-refractivity contribution in [2.45, 2.75) is 11.5 Å². The lowest BCUT2D eigenvalue weighted by Crippen LogP contribution is -2.00. The van der Waals surface area contributed by atoms with Crippen molar-refractivity contribution in [1.82, 2.24) is 9.78 Å². The van der Waals surface area contributed by atoms with Gasteiger partial charge in [0, 0.05) is 30.0 Å². The fourth-order valence-electron chi connectivity index (χ4n) is 1.50. The first-order valence-electron chi connectivity index (χ1n) is 5.32. The fraction of sp³-hybridized carbons (Fsp3) is 0.182. The van der Waals surface area contributed by atoms with Crippen LogP contribution >= 0.6 is 33.9 Å². The zero-order valence-electron chi connectivity index (χ0n) is 10.2. The predicted octanol–water partition coefficient (Wildman–Crippen LogP) is 3.23. The maximum absolute atomic E-state index is 11.3. The van der Waals surface area contributed by atoms with Crippen molar-refractivity contribution in [2.24, 2.45) is 7.05 Å². The largest absolute Gasteiger partial charge is 0.486 e. The first kappa shape index (κ1) is 15.4. The topological polar surface area (TPSA) is 61.2 Å². The van der Waals surface area contributed by atoms with Crippen molar-refractivity contribution < 1.29 is 13.2 Å². The molecule has 0 saturated heterocycles. The van der Waals surface area contributed by atoms with Crippen molar-refractivity contribution in [3.05, 3.63) is 40.1 Å². The van der Waals surface area contributed by atoms with Gasteiger partial charge in [-0.1, -0.05) is 23.2 Å². The molecule has 1 aromatic heterocycles. The van der Waals surface area contributed by atoms with Crippen molar-refractivity contribution >= 4 is 42.9 Å². The summed E-state index contributed by atoms with van der Waals surface area (Å²) in [4.78, 5) is -0.254. The van der Waals surface area contributed by atoms with Gasteiger partial charge >= 0.3 is 0 Å². The molecule has 0 atom stereocenters. The van der Waals surface area contributed by atoms with Gasteiger partial charge < -0.3 is 4.74 Å². The molecule has 0 amide bonds. The lowest BCUT2D eigenvalue weighted by molar-refractivity contribution is 0.300. The molecule has 9 heteroatoms. The number of aryl methyl sites for hydroxylation is 1. The van der Waals surface area contributed by atoms with Gasteiger partial charge in [-0.2, -0.15) is 5.10 Å². The second kappa shape index (κ2) is 5.81. The molecule has 0 aliphatic heterocycles. The number of rotatable bonds is 4. The van der Waals surface area contributed by atoms with E-state index in [2.05, 4.69) is 5.10 Å². The molecule has 0 unspecified atom stereocenters. The Hall–Kier alpha value is -0.950. The summed E-state index contributed by atoms with van der Waals surface area (Å²) in [6.07, 6.45) is 1.77. The molecule has 0 N–H and O–H groups in total. The lowest BCUT2D eigenvalue weighted by Gasteiger charge is -2.09.